The van der Waals surface area contributed by atoms with E-state index in [0.717, 1.165) is 0 Å². The number of nitrogens with zero attached hydrogens (tertiary/aromatic N) is 3. The summed E-state index contributed by atoms with van der Waals surface area (Å²) < 4.78 is 79.6. The number of alkyl halides is 6. The summed E-state index contributed by atoms with van der Waals surface area (Å²) in [5.41, 5.74) is -2.61. The summed E-state index contributed by atoms with van der Waals surface area (Å²) in [6.45, 7) is 3.44. The number of halogens is 6. The second-order valence-corrected chi connectivity index (χ2v) is 7.76. The molecule has 0 amide bonds. The summed E-state index contributed by atoms with van der Waals surface area (Å²) in [5, 5.41) is 15.0. The number of benzene rings is 1. The van der Waals surface area contributed by atoms with Gasteiger partial charge in [-0.05, 0) is 36.2 Å². The summed E-state index contributed by atoms with van der Waals surface area (Å²) in [7, 11) is 0. The zero-order valence-electron chi connectivity index (χ0n) is 18.0. The van der Waals surface area contributed by atoms with Crippen LogP contribution < -0.4 is 10.6 Å². The maximum Gasteiger partial charge on any atom is 0.418 e. The van der Waals surface area contributed by atoms with E-state index >= 15 is 0 Å². The van der Waals surface area contributed by atoms with E-state index < -0.39 is 35.2 Å². The number of anilines is 3. The third-order valence-corrected chi connectivity index (χ3v) is 4.93. The number of aromatic nitrogens is 3. The molecule has 0 unspecified atom stereocenters. The normalized spacial score (nSPS) is 13.1. The predicted octanol–water partition coefficient (Wildman–Crippen LogP) is 5.75. The Labute approximate surface area is 191 Å². The molecule has 1 atom stereocenters. The fourth-order valence-corrected chi connectivity index (χ4v) is 3.04. The Morgan fingerprint density at radius 3 is 2.15 bits per heavy atom. The van der Waals surface area contributed by atoms with Crippen LogP contribution in [0.4, 0.5) is 43.8 Å². The van der Waals surface area contributed by atoms with Gasteiger partial charge < -0.3 is 15.7 Å². The molecule has 0 aliphatic rings. The molecule has 0 aliphatic carbocycles. The molecule has 0 aliphatic heterocycles. The number of hydrogen-bond donors (Lipinski definition) is 3. The van der Waals surface area contributed by atoms with E-state index in [4.69, 9.17) is 0 Å². The molecule has 0 spiro atoms. The van der Waals surface area contributed by atoms with Crippen LogP contribution in [0.25, 0.3) is 11.3 Å². The lowest BCUT2D eigenvalue weighted by Crippen LogP contribution is -2.30. The van der Waals surface area contributed by atoms with E-state index in [1.54, 1.807) is 12.1 Å². The van der Waals surface area contributed by atoms with Crippen molar-refractivity contribution < 1.29 is 31.4 Å². The Morgan fingerprint density at radius 1 is 0.912 bits per heavy atom. The van der Waals surface area contributed by atoms with Gasteiger partial charge in [0.25, 0.3) is 0 Å². The molecule has 0 saturated heterocycles. The Bertz CT molecular complexity index is 1120. The molecule has 0 bridgehead atoms. The van der Waals surface area contributed by atoms with Crippen molar-refractivity contribution in [2.75, 3.05) is 17.2 Å². The first-order chi connectivity index (χ1) is 15.9. The van der Waals surface area contributed by atoms with Crippen molar-refractivity contribution in [3.8, 4) is 11.3 Å². The standard InChI is InChI=1S/C22H21F6N5O/c1-12(2)18(11-34)32-20-31-17(13-5-7-29-8-6-13)10-19(33-20)30-16-4-3-14(21(23,24)25)9-15(16)22(26,27)28/h3-10,12,18,34H,11H2,1-2H3,(H2,30,31,32,33)/t18-/m0/s1. The molecule has 3 rings (SSSR count). The van der Waals surface area contributed by atoms with Crippen molar-refractivity contribution in [3.63, 3.8) is 0 Å². The fourth-order valence-electron chi connectivity index (χ4n) is 3.04. The molecule has 1 aromatic carbocycles. The van der Waals surface area contributed by atoms with Crippen LogP contribution >= 0.6 is 0 Å². The van der Waals surface area contributed by atoms with Gasteiger partial charge >= 0.3 is 12.4 Å². The van der Waals surface area contributed by atoms with Crippen LogP contribution in [-0.4, -0.2) is 32.7 Å². The number of aliphatic hydroxyl groups is 1. The largest absolute Gasteiger partial charge is 0.418 e. The monoisotopic (exact) mass is 485 g/mol. The molecule has 12 heteroatoms. The first-order valence-electron chi connectivity index (χ1n) is 10.1. The maximum absolute atomic E-state index is 13.6. The Balaban J connectivity index is 2.08. The lowest BCUT2D eigenvalue weighted by molar-refractivity contribution is -0.142. The number of nitrogens with one attached hydrogen (secondary N) is 2. The van der Waals surface area contributed by atoms with Crippen molar-refractivity contribution >= 4 is 17.5 Å². The highest BCUT2D eigenvalue weighted by Crippen LogP contribution is 2.40. The molecular formula is C22H21F6N5O. The molecule has 0 radical (unpaired) electrons. The summed E-state index contributed by atoms with van der Waals surface area (Å²) in [6, 6.07) is 5.48. The van der Waals surface area contributed by atoms with Gasteiger partial charge in [-0.3, -0.25) is 4.98 Å². The summed E-state index contributed by atoms with van der Waals surface area (Å²) in [6.07, 6.45) is -6.99. The highest BCUT2D eigenvalue weighted by atomic mass is 19.4. The molecule has 0 fully saturated rings. The molecule has 3 aromatic rings. The summed E-state index contributed by atoms with van der Waals surface area (Å²) in [5.74, 6) is -0.0959. The second kappa shape index (κ2) is 9.84. The number of pyridine rings is 1. The van der Waals surface area contributed by atoms with E-state index in [0.29, 0.717) is 23.4 Å². The quantitative estimate of drug-likeness (QED) is 0.370. The molecule has 3 N–H and O–H groups in total. The average molecular weight is 485 g/mol. The molecular weight excluding hydrogens is 464 g/mol. The van der Waals surface area contributed by atoms with E-state index in [9.17, 15) is 31.4 Å². The van der Waals surface area contributed by atoms with Gasteiger partial charge in [0, 0.05) is 24.0 Å². The second-order valence-electron chi connectivity index (χ2n) is 7.76. The van der Waals surface area contributed by atoms with Gasteiger partial charge in [-0.25, -0.2) is 4.98 Å². The summed E-state index contributed by atoms with van der Waals surface area (Å²) in [4.78, 5) is 12.4. The van der Waals surface area contributed by atoms with Gasteiger partial charge in [-0.15, -0.1) is 0 Å². The summed E-state index contributed by atoms with van der Waals surface area (Å²) >= 11 is 0. The number of hydrogen-bond acceptors (Lipinski definition) is 6. The lowest BCUT2D eigenvalue weighted by atomic mass is 10.1. The first-order valence-corrected chi connectivity index (χ1v) is 10.1. The van der Waals surface area contributed by atoms with Crippen LogP contribution in [0.3, 0.4) is 0 Å². The predicted molar refractivity (Wildman–Crippen MR) is 114 cm³/mol. The Hall–Kier alpha value is -3.41. The fraction of sp³-hybridized carbons (Fsp3) is 0.318. The van der Waals surface area contributed by atoms with Crippen molar-refractivity contribution in [2.24, 2.45) is 5.92 Å². The topological polar surface area (TPSA) is 83.0 Å². The van der Waals surface area contributed by atoms with Gasteiger partial charge in [0.15, 0.2) is 0 Å². The van der Waals surface area contributed by atoms with Gasteiger partial charge in [0.05, 0.1) is 35.2 Å². The molecule has 34 heavy (non-hydrogen) atoms. The smallest absolute Gasteiger partial charge is 0.394 e. The van der Waals surface area contributed by atoms with Crippen LogP contribution in [0.15, 0.2) is 48.8 Å². The van der Waals surface area contributed by atoms with Gasteiger partial charge in [-0.1, -0.05) is 13.8 Å². The Morgan fingerprint density at radius 2 is 1.59 bits per heavy atom. The lowest BCUT2D eigenvalue weighted by Gasteiger charge is -2.21. The molecule has 182 valence electrons. The SMILES string of the molecule is CC(C)[C@H](CO)Nc1nc(Nc2ccc(C(F)(F)F)cc2C(F)(F)F)cc(-c2ccncc2)n1. The molecule has 2 aromatic heterocycles. The third-order valence-electron chi connectivity index (χ3n) is 4.93. The molecule has 0 saturated carbocycles. The minimum Gasteiger partial charge on any atom is -0.394 e. The van der Waals surface area contributed by atoms with E-state index in [-0.39, 0.29) is 30.4 Å². The number of rotatable bonds is 7. The number of aliphatic hydroxyl groups excluding tert-OH is 1. The van der Waals surface area contributed by atoms with E-state index in [2.05, 4.69) is 25.6 Å². The minimum absolute atomic E-state index is 0.0185. The molecule has 6 nitrogen and oxygen atoms in total. The van der Waals surface area contributed by atoms with Crippen LogP contribution in [0.5, 0.6) is 0 Å². The van der Waals surface area contributed by atoms with E-state index in [1.165, 1.54) is 18.5 Å². The van der Waals surface area contributed by atoms with Gasteiger partial charge in [0.1, 0.15) is 5.82 Å². The highest BCUT2D eigenvalue weighted by molar-refractivity contribution is 5.69. The maximum atomic E-state index is 13.6. The highest BCUT2D eigenvalue weighted by Gasteiger charge is 2.38. The zero-order valence-corrected chi connectivity index (χ0v) is 18.0. The minimum atomic E-state index is -5.05. The van der Waals surface area contributed by atoms with Gasteiger partial charge in [-0.2, -0.15) is 31.3 Å². The van der Waals surface area contributed by atoms with E-state index in [1.807, 2.05) is 13.8 Å². The van der Waals surface area contributed by atoms with Crippen molar-refractivity contribution in [3.05, 3.63) is 59.9 Å². The van der Waals surface area contributed by atoms with Crippen LogP contribution in [0.2, 0.25) is 0 Å². The zero-order chi connectivity index (χ0) is 25.1. The first kappa shape index (κ1) is 25.2. The van der Waals surface area contributed by atoms with Crippen molar-refractivity contribution in [1.82, 2.24) is 15.0 Å². The van der Waals surface area contributed by atoms with Crippen molar-refractivity contribution in [1.29, 1.82) is 0 Å². The van der Waals surface area contributed by atoms with Crippen LogP contribution in [0.1, 0.15) is 25.0 Å². The van der Waals surface area contributed by atoms with Gasteiger partial charge in [0.2, 0.25) is 5.95 Å². The van der Waals surface area contributed by atoms with Crippen molar-refractivity contribution in [2.45, 2.75) is 32.2 Å². The average Bonchev–Trinajstić information content (AvgIpc) is 2.76. The van der Waals surface area contributed by atoms with Crippen LogP contribution in [0, 0.1) is 5.92 Å². The van der Waals surface area contributed by atoms with Crippen LogP contribution in [-0.2, 0) is 12.4 Å². The molecule has 2 heterocycles. The Kier molecular flexibility index (Phi) is 7.29. The third kappa shape index (κ3) is 6.13.